The molecule has 0 aliphatic carbocycles. The fourth-order valence-corrected chi connectivity index (χ4v) is 4.11. The lowest BCUT2D eigenvalue weighted by Crippen LogP contribution is -2.49. The quantitative estimate of drug-likeness (QED) is 0.593. The highest BCUT2D eigenvalue weighted by Crippen LogP contribution is 2.17. The second-order valence-electron chi connectivity index (χ2n) is 8.55. The Balaban J connectivity index is 1.45. The van der Waals surface area contributed by atoms with Crippen LogP contribution in [0.15, 0.2) is 60.7 Å². The van der Waals surface area contributed by atoms with Crippen molar-refractivity contribution in [3.8, 4) is 0 Å². The average Bonchev–Trinajstić information content (AvgIpc) is 2.84. The van der Waals surface area contributed by atoms with E-state index in [2.05, 4.69) is 22.3 Å². The minimum Gasteiger partial charge on any atom is -0.467 e. The summed E-state index contributed by atoms with van der Waals surface area (Å²) in [5.74, 6) is -0.792. The molecule has 0 aromatic heterocycles. The number of carbonyl (C=O) groups is 3. The lowest BCUT2D eigenvalue weighted by Gasteiger charge is -2.36. The van der Waals surface area contributed by atoms with Crippen molar-refractivity contribution in [2.75, 3.05) is 38.2 Å². The number of methoxy groups -OCH3 is 1. The lowest BCUT2D eigenvalue weighted by atomic mass is 10.0. The van der Waals surface area contributed by atoms with Crippen LogP contribution in [0.5, 0.6) is 0 Å². The number of para-hydroxylation sites is 1. The molecule has 0 unspecified atom stereocenters. The molecule has 0 radical (unpaired) electrons. The third-order valence-corrected chi connectivity index (χ3v) is 5.91. The van der Waals surface area contributed by atoms with Gasteiger partial charge in [-0.2, -0.15) is 0 Å². The van der Waals surface area contributed by atoms with Gasteiger partial charge in [-0.1, -0.05) is 55.5 Å². The molecule has 1 aliphatic rings. The van der Waals surface area contributed by atoms with E-state index in [0.29, 0.717) is 25.9 Å². The van der Waals surface area contributed by atoms with E-state index in [1.807, 2.05) is 60.4 Å². The van der Waals surface area contributed by atoms with Gasteiger partial charge >= 0.3 is 5.97 Å². The van der Waals surface area contributed by atoms with Crippen LogP contribution in [0.3, 0.4) is 0 Å². The van der Waals surface area contributed by atoms with E-state index in [1.54, 1.807) is 0 Å². The van der Waals surface area contributed by atoms with E-state index in [4.69, 9.17) is 4.74 Å². The third kappa shape index (κ3) is 7.34. The molecule has 3 rings (SSSR count). The molecule has 1 fully saturated rings. The maximum absolute atomic E-state index is 12.8. The number of ether oxygens (including phenoxy) is 1. The summed E-state index contributed by atoms with van der Waals surface area (Å²) in [5, 5.41) is 2.78. The summed E-state index contributed by atoms with van der Waals surface area (Å²) in [6, 6.07) is 18.9. The Morgan fingerprint density at radius 1 is 0.909 bits per heavy atom. The first-order chi connectivity index (χ1) is 16.0. The molecule has 7 heteroatoms. The van der Waals surface area contributed by atoms with E-state index in [9.17, 15) is 14.4 Å². The Morgan fingerprint density at radius 2 is 1.52 bits per heavy atom. The fraction of sp³-hybridized carbons (Fsp3) is 0.423. The number of carbonyl (C=O) groups excluding carboxylic acids is 3. The lowest BCUT2D eigenvalue weighted by molar-refractivity contribution is -0.145. The maximum Gasteiger partial charge on any atom is 0.328 e. The SMILES string of the molecule is COC(=O)[C@@H](Cc1ccccc1)NC(=O)C[C@@H](C)CC(=O)N1CCN(c2ccccc2)CC1. The van der Waals surface area contributed by atoms with Gasteiger partial charge in [0.05, 0.1) is 7.11 Å². The molecule has 33 heavy (non-hydrogen) atoms. The molecule has 0 spiro atoms. The van der Waals surface area contributed by atoms with Crippen molar-refractivity contribution in [1.82, 2.24) is 10.2 Å². The van der Waals surface area contributed by atoms with Gasteiger partial charge in [0, 0.05) is 51.1 Å². The zero-order chi connectivity index (χ0) is 23.6. The van der Waals surface area contributed by atoms with Gasteiger partial charge in [0.15, 0.2) is 0 Å². The number of amides is 2. The number of nitrogens with one attached hydrogen (secondary N) is 1. The number of piperazine rings is 1. The summed E-state index contributed by atoms with van der Waals surface area (Å²) >= 11 is 0. The minimum atomic E-state index is -0.751. The smallest absolute Gasteiger partial charge is 0.328 e. The Kier molecular flexibility index (Phi) is 8.87. The van der Waals surface area contributed by atoms with Crippen LogP contribution in [0.25, 0.3) is 0 Å². The molecular formula is C26H33N3O4. The Morgan fingerprint density at radius 3 is 2.12 bits per heavy atom. The van der Waals surface area contributed by atoms with Gasteiger partial charge in [-0.15, -0.1) is 0 Å². The van der Waals surface area contributed by atoms with Gasteiger partial charge in [0.1, 0.15) is 6.04 Å². The molecule has 2 aromatic rings. The van der Waals surface area contributed by atoms with Gasteiger partial charge < -0.3 is 19.9 Å². The van der Waals surface area contributed by atoms with Crippen LogP contribution in [0.2, 0.25) is 0 Å². The summed E-state index contributed by atoms with van der Waals surface area (Å²) in [5.41, 5.74) is 2.11. The molecule has 2 atom stereocenters. The second-order valence-corrected chi connectivity index (χ2v) is 8.55. The van der Waals surface area contributed by atoms with Gasteiger partial charge in [0.2, 0.25) is 11.8 Å². The summed E-state index contributed by atoms with van der Waals surface area (Å²) in [6.07, 6.45) is 0.844. The fourth-order valence-electron chi connectivity index (χ4n) is 4.11. The van der Waals surface area contributed by atoms with Crippen LogP contribution in [-0.4, -0.2) is 62.0 Å². The molecule has 1 aliphatic heterocycles. The van der Waals surface area contributed by atoms with E-state index >= 15 is 0 Å². The molecule has 0 bridgehead atoms. The van der Waals surface area contributed by atoms with E-state index < -0.39 is 12.0 Å². The van der Waals surface area contributed by atoms with Crippen LogP contribution in [0.4, 0.5) is 5.69 Å². The van der Waals surface area contributed by atoms with Gasteiger partial charge in [-0.05, 0) is 23.6 Å². The molecule has 1 saturated heterocycles. The van der Waals surface area contributed by atoms with Crippen LogP contribution in [0.1, 0.15) is 25.3 Å². The number of hydrogen-bond acceptors (Lipinski definition) is 5. The topological polar surface area (TPSA) is 78.9 Å². The summed E-state index contributed by atoms with van der Waals surface area (Å²) in [7, 11) is 1.31. The molecule has 176 valence electrons. The first kappa shape index (κ1) is 24.3. The highest BCUT2D eigenvalue weighted by Gasteiger charge is 2.25. The maximum atomic E-state index is 12.8. The predicted molar refractivity (Wildman–Crippen MR) is 128 cm³/mol. The number of rotatable bonds is 9. The van der Waals surface area contributed by atoms with Crippen molar-refractivity contribution in [2.24, 2.45) is 5.92 Å². The zero-order valence-corrected chi connectivity index (χ0v) is 19.4. The van der Waals surface area contributed by atoms with Crippen molar-refractivity contribution in [2.45, 2.75) is 32.2 Å². The Labute approximate surface area is 195 Å². The van der Waals surface area contributed by atoms with Crippen LogP contribution >= 0.6 is 0 Å². The van der Waals surface area contributed by atoms with E-state index in [0.717, 1.165) is 18.7 Å². The molecule has 7 nitrogen and oxygen atoms in total. The van der Waals surface area contributed by atoms with Crippen molar-refractivity contribution >= 4 is 23.5 Å². The number of hydrogen-bond donors (Lipinski definition) is 1. The third-order valence-electron chi connectivity index (χ3n) is 5.91. The molecule has 1 N–H and O–H groups in total. The van der Waals surface area contributed by atoms with Gasteiger partial charge in [0.25, 0.3) is 0 Å². The van der Waals surface area contributed by atoms with Crippen LogP contribution in [-0.2, 0) is 25.5 Å². The second kappa shape index (κ2) is 12.0. The van der Waals surface area contributed by atoms with E-state index in [-0.39, 0.29) is 24.2 Å². The molecule has 2 aromatic carbocycles. The van der Waals surface area contributed by atoms with Crippen molar-refractivity contribution in [3.05, 3.63) is 66.2 Å². The predicted octanol–water partition coefficient (Wildman–Crippen LogP) is 2.65. The largest absolute Gasteiger partial charge is 0.467 e. The highest BCUT2D eigenvalue weighted by atomic mass is 16.5. The Bertz CT molecular complexity index is 912. The summed E-state index contributed by atoms with van der Waals surface area (Å²) in [4.78, 5) is 41.6. The molecule has 1 heterocycles. The van der Waals surface area contributed by atoms with Crippen molar-refractivity contribution < 1.29 is 19.1 Å². The monoisotopic (exact) mass is 451 g/mol. The van der Waals surface area contributed by atoms with Gasteiger partial charge in [-0.25, -0.2) is 4.79 Å². The Hall–Kier alpha value is -3.35. The normalized spacial score (nSPS) is 15.5. The number of benzene rings is 2. The van der Waals surface area contributed by atoms with Crippen LogP contribution < -0.4 is 10.2 Å². The zero-order valence-electron chi connectivity index (χ0n) is 19.4. The summed E-state index contributed by atoms with van der Waals surface area (Å²) < 4.78 is 4.86. The first-order valence-electron chi connectivity index (χ1n) is 11.4. The summed E-state index contributed by atoms with van der Waals surface area (Å²) in [6.45, 7) is 4.83. The first-order valence-corrected chi connectivity index (χ1v) is 11.4. The molecule has 0 saturated carbocycles. The molecule has 2 amide bonds. The standard InChI is InChI=1S/C26H33N3O4/c1-20(17-24(30)27-23(26(32)33-2)19-21-9-5-3-6-10-21)18-25(31)29-15-13-28(14-16-29)22-11-7-4-8-12-22/h3-12,20,23H,13-19H2,1-2H3,(H,27,30)/t20-,23-/m1/s1. The average molecular weight is 452 g/mol. The van der Waals surface area contributed by atoms with Crippen molar-refractivity contribution in [1.29, 1.82) is 0 Å². The number of nitrogens with zero attached hydrogens (tertiary/aromatic N) is 2. The number of anilines is 1. The molecular weight excluding hydrogens is 418 g/mol. The van der Waals surface area contributed by atoms with Crippen molar-refractivity contribution in [3.63, 3.8) is 0 Å². The highest BCUT2D eigenvalue weighted by molar-refractivity contribution is 5.85. The minimum absolute atomic E-state index is 0.0665. The van der Waals surface area contributed by atoms with E-state index in [1.165, 1.54) is 12.8 Å². The van der Waals surface area contributed by atoms with Gasteiger partial charge in [-0.3, -0.25) is 9.59 Å². The van der Waals surface area contributed by atoms with Crippen LogP contribution in [0, 0.1) is 5.92 Å². The number of esters is 1.